The number of benzene rings is 1. The van der Waals surface area contributed by atoms with E-state index in [0.29, 0.717) is 11.6 Å². The summed E-state index contributed by atoms with van der Waals surface area (Å²) >= 11 is 1.59. The van der Waals surface area contributed by atoms with E-state index < -0.39 is 0 Å². The molecule has 0 saturated carbocycles. The zero-order chi connectivity index (χ0) is 13.7. The summed E-state index contributed by atoms with van der Waals surface area (Å²) in [6.07, 6.45) is 1.97. The molecular formula is C13H13N3O2S. The molecular weight excluding hydrogens is 262 g/mol. The second-order valence-corrected chi connectivity index (χ2v) is 4.45. The van der Waals surface area contributed by atoms with Gasteiger partial charge in [-0.2, -0.15) is 0 Å². The van der Waals surface area contributed by atoms with Gasteiger partial charge in [-0.15, -0.1) is 11.8 Å². The van der Waals surface area contributed by atoms with Crippen molar-refractivity contribution in [1.29, 1.82) is 0 Å². The smallest absolute Gasteiger partial charge is 0.219 e. The van der Waals surface area contributed by atoms with Gasteiger partial charge in [0.05, 0.1) is 0 Å². The second kappa shape index (κ2) is 6.10. The minimum absolute atomic E-state index is 0.0522. The first-order valence-corrected chi connectivity index (χ1v) is 6.73. The molecule has 0 saturated heterocycles. The van der Waals surface area contributed by atoms with Crippen LogP contribution in [0.25, 0.3) is 0 Å². The van der Waals surface area contributed by atoms with Gasteiger partial charge in [0.1, 0.15) is 11.4 Å². The Bertz CT molecular complexity index is 602. The normalized spacial score (nSPS) is 11.3. The molecule has 0 spiro atoms. The van der Waals surface area contributed by atoms with Gasteiger partial charge < -0.3 is 15.7 Å². The van der Waals surface area contributed by atoms with Crippen LogP contribution in [0, 0.1) is 0 Å². The Morgan fingerprint density at radius 1 is 1.26 bits per heavy atom. The quantitative estimate of drug-likeness (QED) is 0.295. The number of aromatic nitrogens is 1. The fraction of sp³-hybridized carbons (Fsp3) is 0.0769. The molecule has 6 heteroatoms. The van der Waals surface area contributed by atoms with Crippen LogP contribution >= 0.6 is 11.8 Å². The van der Waals surface area contributed by atoms with Gasteiger partial charge >= 0.3 is 0 Å². The summed E-state index contributed by atoms with van der Waals surface area (Å²) in [7, 11) is 0. The van der Waals surface area contributed by atoms with Crippen molar-refractivity contribution in [2.24, 2.45) is 10.9 Å². The van der Waals surface area contributed by atoms with E-state index in [1.165, 1.54) is 0 Å². The van der Waals surface area contributed by atoms with E-state index in [2.05, 4.69) is 10.1 Å². The van der Waals surface area contributed by atoms with Crippen molar-refractivity contribution in [2.45, 2.75) is 4.90 Å². The number of para-hydroxylation sites is 1. The molecule has 1 aromatic heterocycles. The van der Waals surface area contributed by atoms with Gasteiger partial charge in [-0.25, -0.2) is 4.98 Å². The van der Waals surface area contributed by atoms with E-state index in [9.17, 15) is 0 Å². The predicted octanol–water partition coefficient (Wildman–Crippen LogP) is 2.69. The minimum Gasteiger partial charge on any atom is -0.438 e. The molecule has 0 bridgehead atoms. The molecule has 2 aromatic rings. The average molecular weight is 275 g/mol. The number of hydrogen-bond donors (Lipinski definition) is 2. The lowest BCUT2D eigenvalue weighted by molar-refractivity contribution is 0.318. The lowest BCUT2D eigenvalue weighted by Crippen LogP contribution is -2.14. The molecule has 0 radical (unpaired) electrons. The van der Waals surface area contributed by atoms with Crippen LogP contribution < -0.4 is 10.5 Å². The highest BCUT2D eigenvalue weighted by Gasteiger charge is 2.06. The maximum Gasteiger partial charge on any atom is 0.219 e. The molecule has 0 aliphatic carbocycles. The van der Waals surface area contributed by atoms with E-state index in [4.69, 9.17) is 15.7 Å². The van der Waals surface area contributed by atoms with Gasteiger partial charge in [0, 0.05) is 11.0 Å². The lowest BCUT2D eigenvalue weighted by Gasteiger charge is -2.09. The standard InChI is InChI=1S/C13H13N3O2S/c1-19-11-7-3-2-6-10(11)18-12-8-4-5-9(15-12)13(14)16-17/h2-8,17H,1H3,(H2,14,16). The van der Waals surface area contributed by atoms with Crippen LogP contribution in [0.15, 0.2) is 52.5 Å². The molecule has 0 aliphatic rings. The molecule has 0 aliphatic heterocycles. The predicted molar refractivity (Wildman–Crippen MR) is 75.0 cm³/mol. The van der Waals surface area contributed by atoms with E-state index >= 15 is 0 Å². The van der Waals surface area contributed by atoms with E-state index in [1.807, 2.05) is 30.5 Å². The fourth-order valence-corrected chi connectivity index (χ4v) is 2.01. The molecule has 98 valence electrons. The van der Waals surface area contributed by atoms with Crippen molar-refractivity contribution < 1.29 is 9.94 Å². The number of nitrogens with two attached hydrogens (primary N) is 1. The van der Waals surface area contributed by atoms with Gasteiger partial charge in [0.15, 0.2) is 5.84 Å². The third kappa shape index (κ3) is 3.17. The van der Waals surface area contributed by atoms with Crippen molar-refractivity contribution in [3.8, 4) is 11.6 Å². The fourth-order valence-electron chi connectivity index (χ4n) is 1.48. The maximum atomic E-state index is 8.63. The largest absolute Gasteiger partial charge is 0.438 e. The van der Waals surface area contributed by atoms with E-state index in [-0.39, 0.29) is 5.84 Å². The average Bonchev–Trinajstić information content (AvgIpc) is 2.47. The second-order valence-electron chi connectivity index (χ2n) is 3.60. The van der Waals surface area contributed by atoms with Crippen LogP contribution in [-0.2, 0) is 0 Å². The number of pyridine rings is 1. The molecule has 1 heterocycles. The lowest BCUT2D eigenvalue weighted by atomic mass is 10.3. The number of oxime groups is 1. The van der Waals surface area contributed by atoms with Crippen molar-refractivity contribution >= 4 is 17.6 Å². The van der Waals surface area contributed by atoms with Crippen molar-refractivity contribution in [1.82, 2.24) is 4.98 Å². The molecule has 19 heavy (non-hydrogen) atoms. The zero-order valence-corrected chi connectivity index (χ0v) is 11.1. The van der Waals surface area contributed by atoms with Gasteiger partial charge in [0.25, 0.3) is 0 Å². The molecule has 0 fully saturated rings. The molecule has 3 N–H and O–H groups in total. The highest BCUT2D eigenvalue weighted by molar-refractivity contribution is 7.98. The monoisotopic (exact) mass is 275 g/mol. The van der Waals surface area contributed by atoms with Gasteiger partial charge in [-0.1, -0.05) is 23.4 Å². The van der Waals surface area contributed by atoms with Crippen LogP contribution in [0.5, 0.6) is 11.6 Å². The summed E-state index contributed by atoms with van der Waals surface area (Å²) in [6, 6.07) is 12.8. The summed E-state index contributed by atoms with van der Waals surface area (Å²) in [6.45, 7) is 0. The van der Waals surface area contributed by atoms with Gasteiger partial charge in [0.2, 0.25) is 5.88 Å². The molecule has 0 atom stereocenters. The first-order valence-electron chi connectivity index (χ1n) is 5.50. The Labute approximate surface area is 115 Å². The number of rotatable bonds is 4. The Balaban J connectivity index is 2.28. The summed E-state index contributed by atoms with van der Waals surface area (Å²) in [4.78, 5) is 5.18. The summed E-state index contributed by atoms with van der Waals surface area (Å²) in [5, 5.41) is 11.5. The number of nitrogens with zero attached hydrogens (tertiary/aromatic N) is 2. The number of hydrogen-bond acceptors (Lipinski definition) is 5. The Morgan fingerprint density at radius 2 is 2.05 bits per heavy atom. The number of thioether (sulfide) groups is 1. The number of ether oxygens (including phenoxy) is 1. The highest BCUT2D eigenvalue weighted by Crippen LogP contribution is 2.30. The Kier molecular flexibility index (Phi) is 4.25. The summed E-state index contributed by atoms with van der Waals surface area (Å²) in [5.41, 5.74) is 5.85. The zero-order valence-electron chi connectivity index (χ0n) is 10.3. The van der Waals surface area contributed by atoms with E-state index in [0.717, 1.165) is 10.6 Å². The SMILES string of the molecule is CSc1ccccc1Oc1cccc(C(N)=NO)n1. The van der Waals surface area contributed by atoms with Crippen LogP contribution in [0.4, 0.5) is 0 Å². The summed E-state index contributed by atoms with van der Waals surface area (Å²) < 4.78 is 5.71. The first kappa shape index (κ1) is 13.2. The van der Waals surface area contributed by atoms with Crippen molar-refractivity contribution in [3.63, 3.8) is 0 Å². The highest BCUT2D eigenvalue weighted by atomic mass is 32.2. The molecule has 5 nitrogen and oxygen atoms in total. The third-order valence-corrected chi connectivity index (χ3v) is 3.15. The van der Waals surface area contributed by atoms with Crippen LogP contribution in [0.2, 0.25) is 0 Å². The van der Waals surface area contributed by atoms with Crippen molar-refractivity contribution in [3.05, 3.63) is 48.2 Å². The minimum atomic E-state index is -0.0522. The molecule has 2 rings (SSSR count). The molecule has 0 amide bonds. The number of amidine groups is 1. The van der Waals surface area contributed by atoms with Crippen molar-refractivity contribution in [2.75, 3.05) is 6.26 Å². The van der Waals surface area contributed by atoms with Crippen LogP contribution in [0.1, 0.15) is 5.69 Å². The third-order valence-electron chi connectivity index (χ3n) is 2.38. The molecule has 1 aromatic carbocycles. The van der Waals surface area contributed by atoms with E-state index in [1.54, 1.807) is 30.0 Å². The summed E-state index contributed by atoms with van der Waals surface area (Å²) in [5.74, 6) is 1.06. The first-order chi connectivity index (χ1) is 9.24. The van der Waals surface area contributed by atoms with Crippen LogP contribution in [0.3, 0.4) is 0 Å². The molecule has 0 unspecified atom stereocenters. The topological polar surface area (TPSA) is 80.7 Å². The maximum absolute atomic E-state index is 8.63. The Hall–Kier alpha value is -2.21. The van der Waals surface area contributed by atoms with Crippen LogP contribution in [-0.4, -0.2) is 22.3 Å². The Morgan fingerprint density at radius 3 is 2.79 bits per heavy atom. The van der Waals surface area contributed by atoms with Gasteiger partial charge in [-0.05, 0) is 24.5 Å². The van der Waals surface area contributed by atoms with Gasteiger partial charge in [-0.3, -0.25) is 0 Å².